The topological polar surface area (TPSA) is 23.5 Å². The summed E-state index contributed by atoms with van der Waals surface area (Å²) >= 11 is 3.24. The lowest BCUT2D eigenvalue weighted by Crippen LogP contribution is -2.36. The molecule has 0 radical (unpaired) electrons. The molecule has 176 valence electrons. The molecular formula is C25H32F3NOS2. The minimum absolute atomic E-state index is 0.0630. The van der Waals surface area contributed by atoms with Crippen molar-refractivity contribution in [2.24, 2.45) is 5.41 Å². The van der Waals surface area contributed by atoms with Crippen molar-refractivity contribution in [3.05, 3.63) is 42.0 Å². The molecule has 0 amide bonds. The van der Waals surface area contributed by atoms with Crippen LogP contribution < -0.4 is 4.90 Å². The van der Waals surface area contributed by atoms with Crippen LogP contribution in [-0.4, -0.2) is 23.7 Å². The highest BCUT2D eigenvalue weighted by molar-refractivity contribution is 7.99. The van der Waals surface area contributed by atoms with Gasteiger partial charge in [-0.2, -0.15) is 13.2 Å². The van der Waals surface area contributed by atoms with E-state index in [2.05, 4.69) is 18.7 Å². The van der Waals surface area contributed by atoms with E-state index in [9.17, 15) is 18.3 Å². The molecule has 3 rings (SSSR count). The highest BCUT2D eigenvalue weighted by Gasteiger charge is 2.37. The van der Waals surface area contributed by atoms with Gasteiger partial charge >= 0.3 is 6.18 Å². The summed E-state index contributed by atoms with van der Waals surface area (Å²) in [6.45, 7) is 5.15. The number of phenols is 1. The van der Waals surface area contributed by atoms with E-state index in [-0.39, 0.29) is 11.2 Å². The van der Waals surface area contributed by atoms with Gasteiger partial charge in [-0.05, 0) is 60.9 Å². The minimum atomic E-state index is -4.35. The lowest BCUT2D eigenvalue weighted by Gasteiger charge is -2.38. The Kier molecular flexibility index (Phi) is 8.37. The molecule has 0 aliphatic carbocycles. The largest absolute Gasteiger partial charge is 0.507 e. The predicted molar refractivity (Wildman–Crippen MR) is 131 cm³/mol. The third kappa shape index (κ3) is 5.71. The molecule has 32 heavy (non-hydrogen) atoms. The van der Waals surface area contributed by atoms with Crippen LogP contribution in [0.1, 0.15) is 57.9 Å². The van der Waals surface area contributed by atoms with Crippen molar-refractivity contribution in [1.29, 1.82) is 0 Å². The second-order valence-electron chi connectivity index (χ2n) is 8.62. The number of hydrogen-bond acceptors (Lipinski definition) is 4. The molecule has 1 aliphatic heterocycles. The summed E-state index contributed by atoms with van der Waals surface area (Å²) < 4.78 is 39.5. The zero-order valence-electron chi connectivity index (χ0n) is 19.0. The van der Waals surface area contributed by atoms with Gasteiger partial charge in [0.1, 0.15) is 5.75 Å². The molecule has 0 bridgehead atoms. The number of phenolic OH excluding ortho intramolecular Hbond substituents is 1. The highest BCUT2D eigenvalue weighted by atomic mass is 32.2. The quantitative estimate of drug-likeness (QED) is 0.379. The monoisotopic (exact) mass is 483 g/mol. The molecule has 0 fully saturated rings. The standard InChI is InChI=1S/C25H32F3NOS2/c1-4-6-12-24(13-7-5-2)16-29(19-10-8-18(9-11-19)25(26,27)28)20-14-23(31-3)21(30)15-22(20)32-17-24/h8-11,14-15,30H,4-7,12-13,16-17H2,1-3H3. The normalized spacial score (nSPS) is 16.0. The van der Waals surface area contributed by atoms with Gasteiger partial charge in [-0.3, -0.25) is 0 Å². The van der Waals surface area contributed by atoms with Gasteiger partial charge in [0, 0.05) is 22.9 Å². The zero-order valence-corrected chi connectivity index (χ0v) is 20.6. The summed E-state index contributed by atoms with van der Waals surface area (Å²) in [4.78, 5) is 3.94. The van der Waals surface area contributed by atoms with Crippen LogP contribution in [0.15, 0.2) is 46.2 Å². The van der Waals surface area contributed by atoms with Crippen LogP contribution in [0, 0.1) is 5.41 Å². The van der Waals surface area contributed by atoms with E-state index < -0.39 is 11.7 Å². The molecule has 1 N–H and O–H groups in total. The van der Waals surface area contributed by atoms with Crippen LogP contribution in [-0.2, 0) is 6.18 Å². The number of thioether (sulfide) groups is 2. The summed E-state index contributed by atoms with van der Waals surface area (Å²) in [6.07, 6.45) is 4.22. The van der Waals surface area contributed by atoms with E-state index in [1.807, 2.05) is 18.4 Å². The first-order valence-electron chi connectivity index (χ1n) is 11.2. The van der Waals surface area contributed by atoms with E-state index in [1.165, 1.54) is 23.9 Å². The fourth-order valence-corrected chi connectivity index (χ4v) is 6.17. The minimum Gasteiger partial charge on any atom is -0.507 e. The summed E-state index contributed by atoms with van der Waals surface area (Å²) in [7, 11) is 0. The molecule has 0 spiro atoms. The number of nitrogens with zero attached hydrogens (tertiary/aromatic N) is 1. The van der Waals surface area contributed by atoms with Crippen molar-refractivity contribution in [3.63, 3.8) is 0 Å². The highest BCUT2D eigenvalue weighted by Crippen LogP contribution is 2.50. The zero-order chi connectivity index (χ0) is 23.4. The molecule has 0 unspecified atom stereocenters. The fourth-order valence-electron chi connectivity index (χ4n) is 4.32. The Morgan fingerprint density at radius 1 is 1.06 bits per heavy atom. The number of anilines is 2. The molecule has 1 aliphatic rings. The van der Waals surface area contributed by atoms with Gasteiger partial charge in [0.05, 0.1) is 16.1 Å². The van der Waals surface area contributed by atoms with Gasteiger partial charge in [-0.25, -0.2) is 0 Å². The number of hydrogen-bond donors (Lipinski definition) is 1. The summed E-state index contributed by atoms with van der Waals surface area (Å²) in [5.41, 5.74) is 1.15. The maximum atomic E-state index is 13.2. The second-order valence-corrected chi connectivity index (χ2v) is 10.5. The Morgan fingerprint density at radius 2 is 1.69 bits per heavy atom. The van der Waals surface area contributed by atoms with Crippen molar-refractivity contribution in [2.75, 3.05) is 23.5 Å². The molecular weight excluding hydrogens is 451 g/mol. The second kappa shape index (κ2) is 10.6. The Bertz CT molecular complexity index is 891. The van der Waals surface area contributed by atoms with Crippen LogP contribution in [0.25, 0.3) is 0 Å². The third-order valence-electron chi connectivity index (χ3n) is 6.21. The molecule has 0 saturated heterocycles. The summed E-state index contributed by atoms with van der Waals surface area (Å²) in [6, 6.07) is 9.30. The molecule has 0 saturated carbocycles. The number of halogens is 3. The maximum Gasteiger partial charge on any atom is 0.416 e. The molecule has 2 nitrogen and oxygen atoms in total. The average Bonchev–Trinajstić information content (AvgIpc) is 2.92. The van der Waals surface area contributed by atoms with Crippen molar-refractivity contribution < 1.29 is 18.3 Å². The van der Waals surface area contributed by atoms with Gasteiger partial charge in [-0.1, -0.05) is 39.5 Å². The van der Waals surface area contributed by atoms with Gasteiger partial charge < -0.3 is 10.0 Å². The van der Waals surface area contributed by atoms with Crippen molar-refractivity contribution in [2.45, 2.75) is 68.3 Å². The van der Waals surface area contributed by atoms with Crippen LogP contribution in [0.2, 0.25) is 0 Å². The molecule has 2 aromatic carbocycles. The first-order valence-corrected chi connectivity index (χ1v) is 13.4. The van der Waals surface area contributed by atoms with E-state index in [0.29, 0.717) is 0 Å². The number of rotatable bonds is 8. The van der Waals surface area contributed by atoms with Crippen molar-refractivity contribution in [1.82, 2.24) is 0 Å². The van der Waals surface area contributed by atoms with Crippen LogP contribution in [0.3, 0.4) is 0 Å². The molecule has 0 aromatic heterocycles. The van der Waals surface area contributed by atoms with Gasteiger partial charge in [-0.15, -0.1) is 23.5 Å². The fraction of sp³-hybridized carbons (Fsp3) is 0.520. The van der Waals surface area contributed by atoms with Gasteiger partial charge in [0.25, 0.3) is 0 Å². The van der Waals surface area contributed by atoms with E-state index in [0.717, 1.165) is 72.0 Å². The van der Waals surface area contributed by atoms with Gasteiger partial charge in [0.15, 0.2) is 0 Å². The Hall–Kier alpha value is -1.47. The molecule has 7 heteroatoms. The van der Waals surface area contributed by atoms with Crippen LogP contribution in [0.4, 0.5) is 24.5 Å². The Balaban J connectivity index is 2.10. The Labute approximate surface area is 198 Å². The molecule has 2 aromatic rings. The smallest absolute Gasteiger partial charge is 0.416 e. The van der Waals surface area contributed by atoms with Crippen LogP contribution in [0.5, 0.6) is 5.75 Å². The predicted octanol–water partition coefficient (Wildman–Crippen LogP) is 8.74. The SMILES string of the molecule is CCCCC1(CCCC)CSc2cc(O)c(SC)cc2N(c2ccc(C(F)(F)F)cc2)C1. The van der Waals surface area contributed by atoms with E-state index in [1.54, 1.807) is 23.9 Å². The van der Waals surface area contributed by atoms with E-state index in [4.69, 9.17) is 0 Å². The third-order valence-corrected chi connectivity index (χ3v) is 8.37. The number of unbranched alkanes of at least 4 members (excludes halogenated alkanes) is 2. The van der Waals surface area contributed by atoms with E-state index >= 15 is 0 Å². The van der Waals surface area contributed by atoms with Gasteiger partial charge in [0.2, 0.25) is 0 Å². The lowest BCUT2D eigenvalue weighted by molar-refractivity contribution is -0.137. The number of fused-ring (bicyclic) bond motifs is 1. The lowest BCUT2D eigenvalue weighted by atomic mass is 9.79. The van der Waals surface area contributed by atoms with Crippen molar-refractivity contribution in [3.8, 4) is 5.75 Å². The first-order chi connectivity index (χ1) is 15.2. The molecule has 1 heterocycles. The first kappa shape index (κ1) is 25.2. The summed E-state index contributed by atoms with van der Waals surface area (Å²) in [5, 5.41) is 10.5. The maximum absolute atomic E-state index is 13.2. The number of aromatic hydroxyl groups is 1. The Morgan fingerprint density at radius 3 is 2.22 bits per heavy atom. The average molecular weight is 484 g/mol. The summed E-state index contributed by atoms with van der Waals surface area (Å²) in [5.74, 6) is 1.19. The van der Waals surface area contributed by atoms with Crippen LogP contribution >= 0.6 is 23.5 Å². The molecule has 0 atom stereocenters. The van der Waals surface area contributed by atoms with Crippen molar-refractivity contribution >= 4 is 34.9 Å². The number of alkyl halides is 3. The number of benzene rings is 2.